The normalized spacial score (nSPS) is 14.5. The number of halogens is 3. The van der Waals surface area contributed by atoms with Crippen LogP contribution in [0.1, 0.15) is 16.0 Å². The standard InChI is InChI=1S/C24H27F3N4O3S/c1-16-28(2)11-12-29(16)15-18-20(24(25,26)27)19-21(32)30(10-9-17-7-5-4-6-8-17)23(33)31(13-14-34-3)22(19)35-18/h4-8H,1,9-15H2,2-3H3. The van der Waals surface area contributed by atoms with E-state index < -0.39 is 28.4 Å². The molecule has 0 spiro atoms. The van der Waals surface area contributed by atoms with E-state index in [0.717, 1.165) is 21.5 Å². The second-order valence-electron chi connectivity index (χ2n) is 8.46. The Morgan fingerprint density at radius 3 is 2.40 bits per heavy atom. The first-order chi connectivity index (χ1) is 16.6. The van der Waals surface area contributed by atoms with Gasteiger partial charge in [-0.05, 0) is 12.0 Å². The Hall–Kier alpha value is -3.05. The molecule has 35 heavy (non-hydrogen) atoms. The molecule has 0 radical (unpaired) electrons. The maximum Gasteiger partial charge on any atom is 0.418 e. The fourth-order valence-corrected chi connectivity index (χ4v) is 5.64. The minimum atomic E-state index is -4.76. The first-order valence-electron chi connectivity index (χ1n) is 11.2. The second-order valence-corrected chi connectivity index (χ2v) is 9.54. The molecule has 0 unspecified atom stereocenters. The highest BCUT2D eigenvalue weighted by molar-refractivity contribution is 7.18. The van der Waals surface area contributed by atoms with E-state index in [4.69, 9.17) is 4.74 Å². The van der Waals surface area contributed by atoms with Crippen LogP contribution in [0.25, 0.3) is 10.2 Å². The molecule has 1 aliphatic heterocycles. The minimum Gasteiger partial charge on any atom is -0.383 e. The van der Waals surface area contributed by atoms with Crippen LogP contribution in [0.5, 0.6) is 0 Å². The van der Waals surface area contributed by atoms with Gasteiger partial charge in [0.25, 0.3) is 5.56 Å². The minimum absolute atomic E-state index is 0.00701. The van der Waals surface area contributed by atoms with Crippen molar-refractivity contribution in [3.05, 3.63) is 79.6 Å². The summed E-state index contributed by atoms with van der Waals surface area (Å²) in [5.41, 5.74) is -1.64. The van der Waals surface area contributed by atoms with Gasteiger partial charge in [0, 0.05) is 38.7 Å². The van der Waals surface area contributed by atoms with Crippen molar-refractivity contribution in [3.63, 3.8) is 0 Å². The average molecular weight is 509 g/mol. The Morgan fingerprint density at radius 1 is 1.09 bits per heavy atom. The number of benzene rings is 1. The molecule has 1 aromatic carbocycles. The summed E-state index contributed by atoms with van der Waals surface area (Å²) in [5, 5.41) is -0.459. The van der Waals surface area contributed by atoms with Crippen LogP contribution < -0.4 is 11.2 Å². The van der Waals surface area contributed by atoms with Crippen LogP contribution in [0.2, 0.25) is 0 Å². The monoisotopic (exact) mass is 508 g/mol. The highest BCUT2D eigenvalue weighted by Crippen LogP contribution is 2.41. The summed E-state index contributed by atoms with van der Waals surface area (Å²) in [7, 11) is 3.27. The number of alkyl halides is 3. The zero-order valence-corrected chi connectivity index (χ0v) is 20.4. The van der Waals surface area contributed by atoms with Crippen molar-refractivity contribution in [1.29, 1.82) is 0 Å². The van der Waals surface area contributed by atoms with Gasteiger partial charge in [-0.15, -0.1) is 11.3 Å². The van der Waals surface area contributed by atoms with Crippen molar-refractivity contribution in [2.75, 3.05) is 33.9 Å². The topological polar surface area (TPSA) is 59.7 Å². The number of aryl methyl sites for hydroxylation is 1. The van der Waals surface area contributed by atoms with E-state index in [-0.39, 0.29) is 35.9 Å². The number of methoxy groups -OCH3 is 1. The predicted octanol–water partition coefficient (Wildman–Crippen LogP) is 3.35. The van der Waals surface area contributed by atoms with Crippen molar-refractivity contribution in [2.45, 2.75) is 32.2 Å². The van der Waals surface area contributed by atoms with Crippen molar-refractivity contribution < 1.29 is 17.9 Å². The van der Waals surface area contributed by atoms with Crippen molar-refractivity contribution >= 4 is 21.6 Å². The van der Waals surface area contributed by atoms with Gasteiger partial charge in [-0.3, -0.25) is 13.9 Å². The first kappa shape index (κ1) is 25.1. The lowest BCUT2D eigenvalue weighted by Crippen LogP contribution is -2.41. The number of likely N-dealkylation sites (N-methyl/N-ethyl adjacent to an activating group) is 1. The molecule has 1 aliphatic rings. The van der Waals surface area contributed by atoms with Gasteiger partial charge in [0.15, 0.2) is 0 Å². The molecule has 0 bridgehead atoms. The van der Waals surface area contributed by atoms with E-state index in [9.17, 15) is 22.8 Å². The molecule has 0 atom stereocenters. The van der Waals surface area contributed by atoms with Crippen LogP contribution in [0.15, 0.2) is 52.3 Å². The predicted molar refractivity (Wildman–Crippen MR) is 130 cm³/mol. The second kappa shape index (κ2) is 9.90. The highest BCUT2D eigenvalue weighted by Gasteiger charge is 2.40. The molecule has 11 heteroatoms. The summed E-state index contributed by atoms with van der Waals surface area (Å²) >= 11 is 0.842. The Morgan fingerprint density at radius 2 is 1.80 bits per heavy atom. The number of rotatable bonds is 8. The number of fused-ring (bicyclic) bond motifs is 1. The third kappa shape index (κ3) is 4.87. The summed E-state index contributed by atoms with van der Waals surface area (Å²) in [6.07, 6.45) is -4.43. The smallest absolute Gasteiger partial charge is 0.383 e. The molecule has 2 aromatic heterocycles. The lowest BCUT2D eigenvalue weighted by atomic mass is 10.1. The van der Waals surface area contributed by atoms with Crippen molar-refractivity contribution in [1.82, 2.24) is 18.9 Å². The van der Waals surface area contributed by atoms with Gasteiger partial charge >= 0.3 is 11.9 Å². The summed E-state index contributed by atoms with van der Waals surface area (Å²) in [5.74, 6) is 0.618. The first-order valence-corrected chi connectivity index (χ1v) is 12.0. The molecule has 3 aromatic rings. The van der Waals surface area contributed by atoms with Crippen LogP contribution in [0.3, 0.4) is 0 Å². The Kier molecular flexibility index (Phi) is 7.09. The van der Waals surface area contributed by atoms with Crippen LogP contribution in [-0.4, -0.2) is 52.8 Å². The fraction of sp³-hybridized carbons (Fsp3) is 0.417. The maximum atomic E-state index is 14.4. The van der Waals surface area contributed by atoms with Gasteiger partial charge in [-0.25, -0.2) is 4.79 Å². The molecule has 188 valence electrons. The van der Waals surface area contributed by atoms with E-state index >= 15 is 0 Å². The third-order valence-corrected chi connectivity index (χ3v) is 7.44. The van der Waals surface area contributed by atoms with Gasteiger partial charge in [-0.2, -0.15) is 13.2 Å². The maximum absolute atomic E-state index is 14.4. The molecule has 0 N–H and O–H groups in total. The summed E-state index contributed by atoms with van der Waals surface area (Å²) in [6.45, 7) is 5.21. The highest BCUT2D eigenvalue weighted by atomic mass is 32.1. The quantitative estimate of drug-likeness (QED) is 0.467. The van der Waals surface area contributed by atoms with Crippen LogP contribution >= 0.6 is 11.3 Å². The SMILES string of the molecule is C=C1N(C)CCN1Cc1sc2c(c1C(F)(F)F)c(=O)n(CCc1ccccc1)c(=O)n2CCOC. The summed E-state index contributed by atoms with van der Waals surface area (Å²) < 4.78 is 50.5. The molecule has 1 fully saturated rings. The Labute approximate surface area is 204 Å². The fourth-order valence-electron chi connectivity index (χ4n) is 4.30. The van der Waals surface area contributed by atoms with E-state index in [2.05, 4.69) is 6.58 Å². The molecular formula is C24H27F3N4O3S. The number of aromatic nitrogens is 2. The zero-order chi connectivity index (χ0) is 25.3. The zero-order valence-electron chi connectivity index (χ0n) is 19.6. The number of thiophene rings is 1. The largest absolute Gasteiger partial charge is 0.418 e. The molecule has 0 saturated carbocycles. The van der Waals surface area contributed by atoms with E-state index in [1.165, 1.54) is 11.7 Å². The molecule has 0 aliphatic carbocycles. The lowest BCUT2D eigenvalue weighted by molar-refractivity contribution is -0.136. The summed E-state index contributed by atoms with van der Waals surface area (Å²) in [6, 6.07) is 9.19. The third-order valence-electron chi connectivity index (χ3n) is 6.24. The van der Waals surface area contributed by atoms with Gasteiger partial charge in [0.1, 0.15) is 4.83 Å². The molecule has 0 amide bonds. The van der Waals surface area contributed by atoms with Crippen LogP contribution in [0, 0.1) is 0 Å². The van der Waals surface area contributed by atoms with Crippen LogP contribution in [-0.2, 0) is 37.0 Å². The van der Waals surface area contributed by atoms with Gasteiger partial charge in [-0.1, -0.05) is 36.9 Å². The van der Waals surface area contributed by atoms with E-state index in [1.54, 1.807) is 4.90 Å². The molecular weight excluding hydrogens is 481 g/mol. The average Bonchev–Trinajstić information content (AvgIpc) is 3.35. The molecule has 1 saturated heterocycles. The number of hydrogen-bond donors (Lipinski definition) is 0. The number of hydrogen-bond acceptors (Lipinski definition) is 6. The number of nitrogens with zero attached hydrogens (tertiary/aromatic N) is 4. The molecule has 4 rings (SSSR count). The molecule has 7 nitrogen and oxygen atoms in total. The Balaban J connectivity index is 1.89. The van der Waals surface area contributed by atoms with Crippen molar-refractivity contribution in [3.8, 4) is 0 Å². The van der Waals surface area contributed by atoms with Crippen LogP contribution in [0.4, 0.5) is 13.2 Å². The number of ether oxygens (including phenoxy) is 1. The van der Waals surface area contributed by atoms with Gasteiger partial charge < -0.3 is 14.5 Å². The molecule has 3 heterocycles. The van der Waals surface area contributed by atoms with Crippen molar-refractivity contribution in [2.24, 2.45) is 0 Å². The van der Waals surface area contributed by atoms with Gasteiger partial charge in [0.05, 0.1) is 36.5 Å². The lowest BCUT2D eigenvalue weighted by Gasteiger charge is -2.21. The Bertz CT molecular complexity index is 1340. The van der Waals surface area contributed by atoms with E-state index in [1.807, 2.05) is 42.3 Å². The summed E-state index contributed by atoms with van der Waals surface area (Å²) in [4.78, 5) is 30.4. The van der Waals surface area contributed by atoms with E-state index in [0.29, 0.717) is 25.3 Å². The van der Waals surface area contributed by atoms with Gasteiger partial charge in [0.2, 0.25) is 0 Å².